The molecule has 0 aliphatic carbocycles. The van der Waals surface area contributed by atoms with Crippen molar-refractivity contribution in [2.45, 2.75) is 6.92 Å². The lowest BCUT2D eigenvalue weighted by molar-refractivity contribution is -0.118. The second-order valence-corrected chi connectivity index (χ2v) is 7.56. The molecule has 0 amide bonds. The minimum absolute atomic E-state index is 0.0785. The normalized spacial score (nSPS) is 11.6. The van der Waals surface area contributed by atoms with Gasteiger partial charge in [-0.15, -0.1) is 11.3 Å². The van der Waals surface area contributed by atoms with Crippen molar-refractivity contribution in [2.24, 2.45) is 5.73 Å². The van der Waals surface area contributed by atoms with Crippen molar-refractivity contribution in [2.75, 3.05) is 6.61 Å². The van der Waals surface area contributed by atoms with Crippen LogP contribution < -0.4 is 5.73 Å². The van der Waals surface area contributed by atoms with E-state index in [1.807, 2.05) is 12.1 Å². The fraction of sp³-hybridized carbons (Fsp3) is 0.100. The Morgan fingerprint density at radius 3 is 2.68 bits per heavy atom. The van der Waals surface area contributed by atoms with E-state index in [4.69, 9.17) is 27.3 Å². The average Bonchev–Trinajstić information content (AvgIpc) is 3.12. The number of thiophene rings is 1. The first kappa shape index (κ1) is 19.5. The van der Waals surface area contributed by atoms with Crippen LogP contribution in [0.4, 0.5) is 0 Å². The molecule has 140 valence electrons. The van der Waals surface area contributed by atoms with Gasteiger partial charge in [0.05, 0.1) is 26.0 Å². The standard InChI is InChI=1S/C20H14ClN3O3S/c1-11(23)14(9-22)17(25)10-27-20(26)13-8-16(18-6-7-19(21)28-18)24-15-5-3-2-4-12(13)15/h2-8H,10,23H2,1H3/b14-11-. The van der Waals surface area contributed by atoms with E-state index >= 15 is 0 Å². The van der Waals surface area contributed by atoms with Crippen molar-refractivity contribution in [3.05, 3.63) is 63.6 Å². The highest BCUT2D eigenvalue weighted by molar-refractivity contribution is 7.19. The molecule has 6 nitrogen and oxygen atoms in total. The van der Waals surface area contributed by atoms with Crippen molar-refractivity contribution in [1.82, 2.24) is 4.98 Å². The third-order valence-electron chi connectivity index (χ3n) is 3.88. The minimum Gasteiger partial charge on any atom is -0.454 e. The van der Waals surface area contributed by atoms with E-state index in [-0.39, 0.29) is 16.8 Å². The van der Waals surface area contributed by atoms with Gasteiger partial charge in [-0.25, -0.2) is 9.78 Å². The molecule has 0 saturated carbocycles. The van der Waals surface area contributed by atoms with Gasteiger partial charge in [0.25, 0.3) is 0 Å². The number of para-hydroxylation sites is 1. The highest BCUT2D eigenvalue weighted by atomic mass is 35.5. The first-order valence-electron chi connectivity index (χ1n) is 8.13. The number of esters is 1. The molecule has 0 aliphatic rings. The molecule has 0 spiro atoms. The van der Waals surface area contributed by atoms with Crippen LogP contribution in [0.15, 0.2) is 53.7 Å². The first-order valence-corrected chi connectivity index (χ1v) is 9.32. The van der Waals surface area contributed by atoms with E-state index in [0.717, 1.165) is 4.88 Å². The van der Waals surface area contributed by atoms with Gasteiger partial charge in [0.15, 0.2) is 6.61 Å². The van der Waals surface area contributed by atoms with Crippen molar-refractivity contribution >= 4 is 45.6 Å². The van der Waals surface area contributed by atoms with Crippen molar-refractivity contribution in [3.8, 4) is 16.6 Å². The molecule has 8 heteroatoms. The molecular weight excluding hydrogens is 398 g/mol. The molecule has 0 fully saturated rings. The van der Waals surface area contributed by atoms with Gasteiger partial charge in [0.2, 0.25) is 5.78 Å². The molecule has 0 aliphatic heterocycles. The van der Waals surface area contributed by atoms with E-state index in [1.54, 1.807) is 36.4 Å². The fourth-order valence-electron chi connectivity index (χ4n) is 2.57. The van der Waals surface area contributed by atoms with Crippen LogP contribution in [0, 0.1) is 11.3 Å². The van der Waals surface area contributed by atoms with Crippen LogP contribution in [0.5, 0.6) is 0 Å². The molecule has 2 heterocycles. The number of allylic oxidation sites excluding steroid dienone is 1. The zero-order valence-corrected chi connectivity index (χ0v) is 16.3. The molecule has 0 unspecified atom stereocenters. The van der Waals surface area contributed by atoms with Crippen LogP contribution in [-0.4, -0.2) is 23.3 Å². The predicted molar refractivity (Wildman–Crippen MR) is 108 cm³/mol. The monoisotopic (exact) mass is 411 g/mol. The SMILES string of the molecule is C/C(N)=C(\C#N)C(=O)COC(=O)c1cc(-c2ccc(Cl)s2)nc2ccccc12. The number of pyridine rings is 1. The molecule has 3 aromatic rings. The summed E-state index contributed by atoms with van der Waals surface area (Å²) in [5.41, 5.74) is 6.81. The summed E-state index contributed by atoms with van der Waals surface area (Å²) in [4.78, 5) is 30.1. The number of nitrogens with zero attached hydrogens (tertiary/aromatic N) is 2. The molecule has 2 N–H and O–H groups in total. The number of fused-ring (bicyclic) bond motifs is 1. The number of ether oxygens (including phenoxy) is 1. The minimum atomic E-state index is -0.692. The summed E-state index contributed by atoms with van der Waals surface area (Å²) in [7, 11) is 0. The summed E-state index contributed by atoms with van der Waals surface area (Å²) in [5, 5.41) is 9.58. The largest absolute Gasteiger partial charge is 0.454 e. The summed E-state index contributed by atoms with van der Waals surface area (Å²) < 4.78 is 5.75. The van der Waals surface area contributed by atoms with Gasteiger partial charge < -0.3 is 10.5 Å². The molecule has 0 radical (unpaired) electrons. The lowest BCUT2D eigenvalue weighted by Crippen LogP contribution is -2.18. The van der Waals surface area contributed by atoms with Gasteiger partial charge in [0, 0.05) is 11.1 Å². The number of halogens is 1. The fourth-order valence-corrected chi connectivity index (χ4v) is 3.58. The van der Waals surface area contributed by atoms with Crippen LogP contribution in [0.25, 0.3) is 21.5 Å². The average molecular weight is 412 g/mol. The van der Waals surface area contributed by atoms with Crippen LogP contribution in [0.3, 0.4) is 0 Å². The highest BCUT2D eigenvalue weighted by Gasteiger charge is 2.19. The van der Waals surface area contributed by atoms with Crippen LogP contribution in [-0.2, 0) is 9.53 Å². The maximum Gasteiger partial charge on any atom is 0.339 e. The van der Waals surface area contributed by atoms with E-state index in [9.17, 15) is 9.59 Å². The number of Topliss-reactive ketones (excluding diaryl/α,β-unsaturated/α-hetero) is 1. The summed E-state index contributed by atoms with van der Waals surface area (Å²) in [6, 6.07) is 14.0. The van der Waals surface area contributed by atoms with Crippen molar-refractivity contribution in [1.29, 1.82) is 5.26 Å². The Balaban J connectivity index is 1.95. The number of ketones is 1. The van der Waals surface area contributed by atoms with E-state index in [0.29, 0.717) is 20.9 Å². The van der Waals surface area contributed by atoms with Gasteiger partial charge in [-0.3, -0.25) is 4.79 Å². The van der Waals surface area contributed by atoms with Crippen LogP contribution in [0.2, 0.25) is 4.34 Å². The zero-order chi connectivity index (χ0) is 20.3. The molecule has 2 aromatic heterocycles. The number of aromatic nitrogens is 1. The first-order chi connectivity index (χ1) is 13.4. The van der Waals surface area contributed by atoms with Gasteiger partial charge >= 0.3 is 5.97 Å². The van der Waals surface area contributed by atoms with E-state index in [2.05, 4.69) is 4.98 Å². The number of carbonyl (C=O) groups is 2. The maximum absolute atomic E-state index is 12.7. The smallest absolute Gasteiger partial charge is 0.339 e. The molecular formula is C20H14ClN3O3S. The van der Waals surface area contributed by atoms with Crippen LogP contribution >= 0.6 is 22.9 Å². The Hall–Kier alpha value is -3.21. The quantitative estimate of drug-likeness (QED) is 0.385. The number of benzene rings is 1. The van der Waals surface area contributed by atoms with Gasteiger partial charge in [0.1, 0.15) is 11.6 Å². The summed E-state index contributed by atoms with van der Waals surface area (Å²) in [6.45, 7) is 0.861. The number of nitriles is 1. The van der Waals surface area contributed by atoms with Crippen molar-refractivity contribution in [3.63, 3.8) is 0 Å². The number of hydrogen-bond acceptors (Lipinski definition) is 7. The zero-order valence-electron chi connectivity index (χ0n) is 14.7. The maximum atomic E-state index is 12.7. The lowest BCUT2D eigenvalue weighted by Gasteiger charge is -2.09. The molecule has 0 bridgehead atoms. The van der Waals surface area contributed by atoms with Crippen molar-refractivity contribution < 1.29 is 14.3 Å². The molecule has 3 rings (SSSR count). The number of nitrogens with two attached hydrogens (primary N) is 1. The number of carbonyl (C=O) groups excluding carboxylic acids is 2. The highest BCUT2D eigenvalue weighted by Crippen LogP contribution is 2.32. The van der Waals surface area contributed by atoms with Crippen LogP contribution in [0.1, 0.15) is 17.3 Å². The number of hydrogen-bond donors (Lipinski definition) is 1. The summed E-state index contributed by atoms with van der Waals surface area (Å²) in [6.07, 6.45) is 0. The second kappa shape index (κ2) is 8.21. The third kappa shape index (κ3) is 4.03. The second-order valence-electron chi connectivity index (χ2n) is 5.85. The lowest BCUT2D eigenvalue weighted by atomic mass is 10.1. The van der Waals surface area contributed by atoms with E-state index < -0.39 is 18.4 Å². The topological polar surface area (TPSA) is 106 Å². The Morgan fingerprint density at radius 2 is 2.04 bits per heavy atom. The summed E-state index contributed by atoms with van der Waals surface area (Å²) >= 11 is 7.34. The Kier molecular flexibility index (Phi) is 5.73. The summed E-state index contributed by atoms with van der Waals surface area (Å²) in [5.74, 6) is -1.35. The predicted octanol–water partition coefficient (Wildman–Crippen LogP) is 4.10. The molecule has 28 heavy (non-hydrogen) atoms. The van der Waals surface area contributed by atoms with E-state index in [1.165, 1.54) is 18.3 Å². The molecule has 0 atom stereocenters. The van der Waals surface area contributed by atoms with Gasteiger partial charge in [-0.05, 0) is 31.2 Å². The third-order valence-corrected chi connectivity index (χ3v) is 5.13. The Bertz CT molecular complexity index is 1160. The van der Waals surface area contributed by atoms with Gasteiger partial charge in [-0.2, -0.15) is 5.26 Å². The van der Waals surface area contributed by atoms with Gasteiger partial charge in [-0.1, -0.05) is 29.8 Å². The Morgan fingerprint density at radius 1 is 1.29 bits per heavy atom. The number of rotatable bonds is 5. The Labute approximate surface area is 169 Å². The molecule has 1 aromatic carbocycles. The molecule has 0 saturated heterocycles.